The van der Waals surface area contributed by atoms with Crippen LogP contribution in [0.2, 0.25) is 0 Å². The summed E-state index contributed by atoms with van der Waals surface area (Å²) in [4.78, 5) is 14.3. The van der Waals surface area contributed by atoms with E-state index < -0.39 is 4.92 Å². The number of nitrogens with one attached hydrogen (secondary N) is 1. The lowest BCUT2D eigenvalue weighted by atomic mass is 10.2. The first-order valence-corrected chi connectivity index (χ1v) is 6.35. The van der Waals surface area contributed by atoms with Gasteiger partial charge >= 0.3 is 5.69 Å². The van der Waals surface area contributed by atoms with E-state index in [2.05, 4.69) is 25.2 Å². The summed E-state index contributed by atoms with van der Waals surface area (Å²) in [5.41, 5.74) is 1.07. The second kappa shape index (κ2) is 5.57. The van der Waals surface area contributed by atoms with Gasteiger partial charge in [0.1, 0.15) is 0 Å². The van der Waals surface area contributed by atoms with Crippen molar-refractivity contribution in [3.63, 3.8) is 0 Å². The molecular formula is C12H12N6O3. The van der Waals surface area contributed by atoms with E-state index in [4.69, 9.17) is 0 Å². The van der Waals surface area contributed by atoms with Crippen molar-refractivity contribution in [2.24, 2.45) is 0 Å². The summed E-state index contributed by atoms with van der Waals surface area (Å²) in [6.07, 6.45) is 6.26. The van der Waals surface area contributed by atoms with Gasteiger partial charge in [0, 0.05) is 31.5 Å². The molecule has 1 aromatic carbocycles. The molecule has 0 saturated heterocycles. The number of benzene rings is 1. The lowest BCUT2D eigenvalue weighted by Crippen LogP contribution is -2.06. The summed E-state index contributed by atoms with van der Waals surface area (Å²) in [6, 6.07) is 3.01. The van der Waals surface area contributed by atoms with Crippen LogP contribution in [0, 0.1) is 10.1 Å². The van der Waals surface area contributed by atoms with Gasteiger partial charge in [-0.1, -0.05) is 0 Å². The van der Waals surface area contributed by atoms with Gasteiger partial charge in [0.15, 0.2) is 5.52 Å². The van der Waals surface area contributed by atoms with Crippen LogP contribution in [0.15, 0.2) is 35.5 Å². The second-order valence-corrected chi connectivity index (χ2v) is 4.43. The predicted octanol–water partition coefficient (Wildman–Crippen LogP) is 1.83. The van der Waals surface area contributed by atoms with E-state index in [0.717, 1.165) is 13.0 Å². The molecule has 108 valence electrons. The summed E-state index contributed by atoms with van der Waals surface area (Å²) in [5, 5.41) is 21.4. The Kier molecular flexibility index (Phi) is 3.46. The van der Waals surface area contributed by atoms with Gasteiger partial charge in [-0.2, -0.15) is 0 Å². The highest BCUT2D eigenvalue weighted by molar-refractivity contribution is 5.93. The first-order chi connectivity index (χ1) is 10.3. The molecular weight excluding hydrogens is 276 g/mol. The lowest BCUT2D eigenvalue weighted by molar-refractivity contribution is -0.383. The second-order valence-electron chi connectivity index (χ2n) is 4.43. The highest BCUT2D eigenvalue weighted by Gasteiger charge is 2.19. The van der Waals surface area contributed by atoms with Crippen molar-refractivity contribution < 1.29 is 9.55 Å². The highest BCUT2D eigenvalue weighted by Crippen LogP contribution is 2.28. The average Bonchev–Trinajstić information content (AvgIpc) is 3.14. The normalized spacial score (nSPS) is 10.9. The number of hydrogen-bond acceptors (Lipinski definition) is 7. The zero-order chi connectivity index (χ0) is 14.7. The molecule has 0 unspecified atom stereocenters. The summed E-state index contributed by atoms with van der Waals surface area (Å²) in [5.74, 6) is 0. The minimum atomic E-state index is -0.505. The zero-order valence-electron chi connectivity index (χ0n) is 11.0. The quantitative estimate of drug-likeness (QED) is 0.418. The smallest absolute Gasteiger partial charge is 0.300 e. The third-order valence-corrected chi connectivity index (χ3v) is 3.06. The Morgan fingerprint density at radius 3 is 2.95 bits per heavy atom. The monoisotopic (exact) mass is 288 g/mol. The molecule has 0 atom stereocenters. The molecule has 2 aromatic heterocycles. The van der Waals surface area contributed by atoms with Gasteiger partial charge < -0.3 is 9.88 Å². The number of imidazole rings is 1. The maximum absolute atomic E-state index is 10.9. The summed E-state index contributed by atoms with van der Waals surface area (Å²) in [6.45, 7) is 1.53. The van der Waals surface area contributed by atoms with Gasteiger partial charge in [-0.3, -0.25) is 10.1 Å². The number of nitrogens with zero attached hydrogens (tertiary/aromatic N) is 5. The van der Waals surface area contributed by atoms with E-state index in [1.165, 1.54) is 6.07 Å². The van der Waals surface area contributed by atoms with Crippen molar-refractivity contribution in [2.75, 3.05) is 11.9 Å². The van der Waals surface area contributed by atoms with Crippen LogP contribution < -0.4 is 5.32 Å². The standard InChI is InChI=1S/C12H12N6O3/c19-18(20)10-3-2-9(11-12(10)16-21-15-11)14-4-1-6-17-7-5-13-8-17/h2-3,5,7-8,14H,1,4,6H2. The fourth-order valence-corrected chi connectivity index (χ4v) is 2.05. The van der Waals surface area contributed by atoms with Gasteiger partial charge in [-0.15, -0.1) is 0 Å². The molecule has 21 heavy (non-hydrogen) atoms. The molecule has 0 saturated carbocycles. The molecule has 0 fully saturated rings. The molecule has 0 amide bonds. The van der Waals surface area contributed by atoms with E-state index in [1.807, 2.05) is 10.8 Å². The minimum Gasteiger partial charge on any atom is -0.383 e. The third kappa shape index (κ3) is 2.66. The molecule has 9 heteroatoms. The fourth-order valence-electron chi connectivity index (χ4n) is 2.05. The molecule has 2 heterocycles. The summed E-state index contributed by atoms with van der Waals surface area (Å²) < 4.78 is 6.58. The molecule has 1 N–H and O–H groups in total. The van der Waals surface area contributed by atoms with Crippen LogP contribution in [0.5, 0.6) is 0 Å². The Labute approximate surface area is 118 Å². The molecule has 0 spiro atoms. The van der Waals surface area contributed by atoms with Crippen LogP contribution in [0.3, 0.4) is 0 Å². The topological polar surface area (TPSA) is 112 Å². The van der Waals surface area contributed by atoms with Crippen molar-refractivity contribution >= 4 is 22.4 Å². The van der Waals surface area contributed by atoms with Crippen molar-refractivity contribution in [1.29, 1.82) is 0 Å². The number of aryl methyl sites for hydroxylation is 1. The van der Waals surface area contributed by atoms with Gasteiger partial charge in [0.05, 0.1) is 16.9 Å². The Balaban J connectivity index is 1.68. The van der Waals surface area contributed by atoms with Crippen LogP contribution >= 0.6 is 0 Å². The van der Waals surface area contributed by atoms with Gasteiger partial charge in [-0.25, -0.2) is 9.61 Å². The predicted molar refractivity (Wildman–Crippen MR) is 73.8 cm³/mol. The number of non-ortho nitro benzene ring substituents is 1. The Bertz CT molecular complexity index is 752. The molecule has 0 aliphatic rings. The number of aromatic nitrogens is 4. The lowest BCUT2D eigenvalue weighted by Gasteiger charge is -2.06. The van der Waals surface area contributed by atoms with E-state index in [-0.39, 0.29) is 11.2 Å². The van der Waals surface area contributed by atoms with Crippen LogP contribution in [-0.2, 0) is 6.54 Å². The van der Waals surface area contributed by atoms with Crippen LogP contribution in [0.4, 0.5) is 11.4 Å². The first kappa shape index (κ1) is 13.0. The van der Waals surface area contributed by atoms with Crippen molar-refractivity contribution in [3.05, 3.63) is 41.0 Å². The van der Waals surface area contributed by atoms with E-state index in [1.54, 1.807) is 18.6 Å². The van der Waals surface area contributed by atoms with Crippen molar-refractivity contribution in [1.82, 2.24) is 19.9 Å². The molecule has 0 bridgehead atoms. The van der Waals surface area contributed by atoms with Crippen molar-refractivity contribution in [3.8, 4) is 0 Å². The van der Waals surface area contributed by atoms with E-state index >= 15 is 0 Å². The highest BCUT2D eigenvalue weighted by atomic mass is 16.6. The van der Waals surface area contributed by atoms with Crippen molar-refractivity contribution in [2.45, 2.75) is 13.0 Å². The number of nitro groups is 1. The number of hydrogen-bond donors (Lipinski definition) is 1. The number of nitro benzene ring substituents is 1. The molecule has 0 aliphatic carbocycles. The minimum absolute atomic E-state index is 0.116. The largest absolute Gasteiger partial charge is 0.383 e. The fraction of sp³-hybridized carbons (Fsp3) is 0.250. The first-order valence-electron chi connectivity index (χ1n) is 6.35. The van der Waals surface area contributed by atoms with Gasteiger partial charge in [0.25, 0.3) is 0 Å². The van der Waals surface area contributed by atoms with Crippen LogP contribution in [0.25, 0.3) is 11.0 Å². The zero-order valence-corrected chi connectivity index (χ0v) is 11.0. The number of fused-ring (bicyclic) bond motifs is 1. The number of anilines is 1. The number of rotatable bonds is 6. The van der Waals surface area contributed by atoms with Crippen LogP contribution in [-0.4, -0.2) is 31.3 Å². The maximum Gasteiger partial charge on any atom is 0.300 e. The SMILES string of the molecule is O=[N+]([O-])c1ccc(NCCCn2ccnc2)c2nonc12. The molecule has 3 aromatic rings. The van der Waals surface area contributed by atoms with Gasteiger partial charge in [0.2, 0.25) is 5.52 Å². The Morgan fingerprint density at radius 2 is 2.19 bits per heavy atom. The molecule has 3 rings (SSSR count). The molecule has 0 radical (unpaired) electrons. The van der Waals surface area contributed by atoms with Crippen LogP contribution in [0.1, 0.15) is 6.42 Å². The molecule has 0 aliphatic heterocycles. The van der Waals surface area contributed by atoms with Gasteiger partial charge in [-0.05, 0) is 22.8 Å². The Morgan fingerprint density at radius 1 is 1.33 bits per heavy atom. The Hall–Kier alpha value is -2.97. The van der Waals surface area contributed by atoms with E-state index in [0.29, 0.717) is 17.7 Å². The molecule has 9 nitrogen and oxygen atoms in total. The average molecular weight is 288 g/mol. The third-order valence-electron chi connectivity index (χ3n) is 3.06. The summed E-state index contributed by atoms with van der Waals surface area (Å²) >= 11 is 0. The summed E-state index contributed by atoms with van der Waals surface area (Å²) in [7, 11) is 0. The van der Waals surface area contributed by atoms with E-state index in [9.17, 15) is 10.1 Å². The maximum atomic E-state index is 10.9.